The Hall–Kier alpha value is -2.66. The Kier molecular flexibility index (Phi) is 6.32. The lowest BCUT2D eigenvalue weighted by Gasteiger charge is -2.22. The fraction of sp³-hybridized carbons (Fsp3) is 0.278. The monoisotopic (exact) mass is 460 g/mol. The van der Waals surface area contributed by atoms with Gasteiger partial charge in [0.25, 0.3) is 5.88 Å². The average molecular weight is 461 g/mol. The molecule has 1 aromatic carbocycles. The van der Waals surface area contributed by atoms with Crippen molar-refractivity contribution < 1.29 is 26.3 Å². The van der Waals surface area contributed by atoms with Crippen LogP contribution in [0.3, 0.4) is 0 Å². The van der Waals surface area contributed by atoms with Gasteiger partial charge in [0, 0.05) is 11.8 Å². The number of rotatable bonds is 7. The van der Waals surface area contributed by atoms with Gasteiger partial charge in [-0.1, -0.05) is 36.7 Å². The van der Waals surface area contributed by atoms with E-state index >= 15 is 0 Å². The van der Waals surface area contributed by atoms with Gasteiger partial charge in [-0.15, -0.1) is 0 Å². The minimum Gasteiger partial charge on any atom is -0.457 e. The quantitative estimate of drug-likeness (QED) is 0.521. The summed E-state index contributed by atoms with van der Waals surface area (Å²) in [5.74, 6) is -1.28. The molecular formula is C18H16ClF3N4O3S. The van der Waals surface area contributed by atoms with Crippen molar-refractivity contribution in [1.29, 1.82) is 0 Å². The molecule has 2 heterocycles. The van der Waals surface area contributed by atoms with Gasteiger partial charge in [0.15, 0.2) is 0 Å². The molecule has 1 atom stereocenters. The molecular weight excluding hydrogens is 445 g/mol. The van der Waals surface area contributed by atoms with Crippen LogP contribution in [-0.4, -0.2) is 35.3 Å². The number of nitrogens with zero attached hydrogens (tertiary/aromatic N) is 3. The van der Waals surface area contributed by atoms with Gasteiger partial charge in [0.2, 0.25) is 21.9 Å². The SMILES string of the molecule is CCCS(=O)(=O)Nc1nc2ccccc2nc1O[C@H](c1ccc(Cl)nc1)C(F)(F)F. The molecule has 2 aromatic heterocycles. The van der Waals surface area contributed by atoms with Crippen LogP contribution in [-0.2, 0) is 10.0 Å². The molecule has 0 fully saturated rings. The largest absolute Gasteiger partial charge is 0.457 e. The number of sulfonamides is 1. The highest BCUT2D eigenvalue weighted by molar-refractivity contribution is 7.92. The third-order valence-corrected chi connectivity index (χ3v) is 5.52. The number of hydrogen-bond donors (Lipinski definition) is 1. The molecule has 0 unspecified atom stereocenters. The molecule has 160 valence electrons. The van der Waals surface area contributed by atoms with E-state index in [0.29, 0.717) is 6.42 Å². The van der Waals surface area contributed by atoms with Crippen LogP contribution in [0.1, 0.15) is 25.0 Å². The number of hydrogen-bond acceptors (Lipinski definition) is 6. The highest BCUT2D eigenvalue weighted by Crippen LogP contribution is 2.38. The molecule has 30 heavy (non-hydrogen) atoms. The van der Waals surface area contributed by atoms with Crippen molar-refractivity contribution in [2.75, 3.05) is 10.5 Å². The molecule has 0 aliphatic carbocycles. The summed E-state index contributed by atoms with van der Waals surface area (Å²) in [6.07, 6.45) is -6.08. The van der Waals surface area contributed by atoms with Crippen molar-refractivity contribution >= 4 is 38.5 Å². The predicted octanol–water partition coefficient (Wildman–Crippen LogP) is 4.51. The Morgan fingerprint density at radius 1 is 1.13 bits per heavy atom. The molecule has 7 nitrogen and oxygen atoms in total. The van der Waals surface area contributed by atoms with E-state index in [0.717, 1.165) is 12.3 Å². The molecule has 0 saturated heterocycles. The van der Waals surface area contributed by atoms with Crippen LogP contribution in [0.2, 0.25) is 5.15 Å². The van der Waals surface area contributed by atoms with Crippen molar-refractivity contribution in [3.63, 3.8) is 0 Å². The lowest BCUT2D eigenvalue weighted by Crippen LogP contribution is -2.27. The van der Waals surface area contributed by atoms with E-state index in [1.165, 1.54) is 12.1 Å². The number of anilines is 1. The fourth-order valence-corrected chi connectivity index (χ4v) is 3.76. The van der Waals surface area contributed by atoms with Gasteiger partial charge < -0.3 is 4.74 Å². The van der Waals surface area contributed by atoms with Crippen LogP contribution in [0.25, 0.3) is 11.0 Å². The highest BCUT2D eigenvalue weighted by Gasteiger charge is 2.44. The molecule has 0 aliphatic heterocycles. The predicted molar refractivity (Wildman–Crippen MR) is 106 cm³/mol. The van der Waals surface area contributed by atoms with E-state index in [4.69, 9.17) is 16.3 Å². The van der Waals surface area contributed by atoms with E-state index < -0.39 is 34.0 Å². The third-order valence-electron chi connectivity index (χ3n) is 3.84. The van der Waals surface area contributed by atoms with E-state index in [1.807, 2.05) is 0 Å². The van der Waals surface area contributed by atoms with Gasteiger partial charge in [-0.05, 0) is 24.6 Å². The Morgan fingerprint density at radius 3 is 2.37 bits per heavy atom. The molecule has 12 heteroatoms. The van der Waals surface area contributed by atoms with Crippen LogP contribution in [0, 0.1) is 0 Å². The van der Waals surface area contributed by atoms with Crippen LogP contribution in [0.5, 0.6) is 5.88 Å². The van der Waals surface area contributed by atoms with Gasteiger partial charge in [-0.25, -0.2) is 23.4 Å². The molecule has 3 aromatic rings. The third kappa shape index (κ3) is 5.28. The molecule has 0 spiro atoms. The molecule has 0 radical (unpaired) electrons. The first kappa shape index (κ1) is 22.0. The highest BCUT2D eigenvalue weighted by atomic mass is 35.5. The van der Waals surface area contributed by atoms with Crippen LogP contribution < -0.4 is 9.46 Å². The zero-order chi connectivity index (χ0) is 21.9. The summed E-state index contributed by atoms with van der Waals surface area (Å²) < 4.78 is 72.9. The maximum absolute atomic E-state index is 13.7. The second-order valence-electron chi connectivity index (χ2n) is 6.24. The van der Waals surface area contributed by atoms with E-state index in [2.05, 4.69) is 19.7 Å². The first-order valence-corrected chi connectivity index (χ1v) is 10.7. The minimum absolute atomic E-state index is 0.0122. The van der Waals surface area contributed by atoms with E-state index in [-0.39, 0.29) is 27.5 Å². The number of alkyl halides is 3. The summed E-state index contributed by atoms with van der Waals surface area (Å²) in [4.78, 5) is 11.8. The standard InChI is InChI=1S/C18H16ClF3N4O3S/c1-2-9-30(27,28)26-16-17(25-13-6-4-3-5-12(13)24-16)29-15(18(20,21)22)11-7-8-14(19)23-10-11/h3-8,10,15H,2,9H2,1H3,(H,24,26)/t15-/m1/s1. The number of halogens is 4. The number of pyridine rings is 1. The maximum Gasteiger partial charge on any atom is 0.429 e. The minimum atomic E-state index is -4.84. The number of aromatic nitrogens is 3. The summed E-state index contributed by atoms with van der Waals surface area (Å²) in [5.41, 5.74) is 0.195. The molecule has 1 N–H and O–H groups in total. The number of fused-ring (bicyclic) bond motifs is 1. The second-order valence-corrected chi connectivity index (χ2v) is 8.47. The van der Waals surface area contributed by atoms with Crippen LogP contribution in [0.15, 0.2) is 42.6 Å². The Morgan fingerprint density at radius 2 is 1.80 bits per heavy atom. The molecule has 3 rings (SSSR count). The van der Waals surface area contributed by atoms with Crippen LogP contribution >= 0.6 is 11.6 Å². The summed E-state index contributed by atoms with van der Waals surface area (Å²) >= 11 is 5.65. The van der Waals surface area contributed by atoms with Gasteiger partial charge in [0.05, 0.1) is 16.8 Å². The summed E-state index contributed by atoms with van der Waals surface area (Å²) in [6.45, 7) is 1.65. The Bertz CT molecular complexity index is 1140. The zero-order valence-electron chi connectivity index (χ0n) is 15.5. The van der Waals surface area contributed by atoms with E-state index in [9.17, 15) is 21.6 Å². The number of benzene rings is 1. The van der Waals surface area contributed by atoms with Gasteiger partial charge in [-0.3, -0.25) is 4.72 Å². The normalized spacial score (nSPS) is 13.2. The number of ether oxygens (including phenoxy) is 1. The first-order valence-electron chi connectivity index (χ1n) is 8.71. The van der Waals surface area contributed by atoms with Crippen molar-refractivity contribution in [2.45, 2.75) is 25.6 Å². The molecule has 0 saturated carbocycles. The summed E-state index contributed by atoms with van der Waals surface area (Å²) in [5, 5.41) is 0.0122. The van der Waals surface area contributed by atoms with Gasteiger partial charge in [-0.2, -0.15) is 13.2 Å². The van der Waals surface area contributed by atoms with E-state index in [1.54, 1.807) is 25.1 Å². The molecule has 0 amide bonds. The number of nitrogens with one attached hydrogen (secondary N) is 1. The lowest BCUT2D eigenvalue weighted by molar-refractivity contribution is -0.198. The summed E-state index contributed by atoms with van der Waals surface area (Å²) in [7, 11) is -3.86. The van der Waals surface area contributed by atoms with Gasteiger partial charge in [0.1, 0.15) is 5.15 Å². The van der Waals surface area contributed by atoms with Crippen molar-refractivity contribution in [1.82, 2.24) is 15.0 Å². The zero-order valence-corrected chi connectivity index (χ0v) is 17.1. The van der Waals surface area contributed by atoms with Crippen LogP contribution in [0.4, 0.5) is 19.0 Å². The Balaban J connectivity index is 2.09. The maximum atomic E-state index is 13.7. The lowest BCUT2D eigenvalue weighted by atomic mass is 10.1. The molecule has 0 aliphatic rings. The van der Waals surface area contributed by atoms with Crippen molar-refractivity contribution in [3.05, 3.63) is 53.3 Å². The number of para-hydroxylation sites is 2. The van der Waals surface area contributed by atoms with Crippen molar-refractivity contribution in [2.24, 2.45) is 0 Å². The average Bonchev–Trinajstić information content (AvgIpc) is 2.66. The van der Waals surface area contributed by atoms with Crippen molar-refractivity contribution in [3.8, 4) is 5.88 Å². The fourth-order valence-electron chi connectivity index (χ4n) is 2.58. The smallest absolute Gasteiger partial charge is 0.429 e. The topological polar surface area (TPSA) is 94.1 Å². The summed E-state index contributed by atoms with van der Waals surface area (Å²) in [6, 6.07) is 8.63. The Labute approximate surface area is 175 Å². The first-order chi connectivity index (χ1) is 14.1. The second kappa shape index (κ2) is 8.60. The molecule has 0 bridgehead atoms. The van der Waals surface area contributed by atoms with Gasteiger partial charge >= 0.3 is 6.18 Å².